The number of pyridine rings is 1. The normalized spacial score (nSPS) is 20.2. The summed E-state index contributed by atoms with van der Waals surface area (Å²) in [6.07, 6.45) is 8.06. The van der Waals surface area contributed by atoms with Crippen LogP contribution in [0.5, 0.6) is 0 Å². The highest BCUT2D eigenvalue weighted by Gasteiger charge is 2.21. The molecule has 0 radical (unpaired) electrons. The lowest BCUT2D eigenvalue weighted by Crippen LogP contribution is -2.28. The number of hydrogen-bond acceptors (Lipinski definition) is 7. The molecule has 0 aromatic carbocycles. The predicted molar refractivity (Wildman–Crippen MR) is 95.9 cm³/mol. The third-order valence-electron chi connectivity index (χ3n) is 4.27. The lowest BCUT2D eigenvalue weighted by molar-refractivity contribution is 0.0696. The molecule has 0 bridgehead atoms. The fourth-order valence-electron chi connectivity index (χ4n) is 2.85. The van der Waals surface area contributed by atoms with E-state index in [1.165, 1.54) is 24.0 Å². The summed E-state index contributed by atoms with van der Waals surface area (Å²) in [4.78, 5) is 24.1. The summed E-state index contributed by atoms with van der Waals surface area (Å²) in [5.41, 5.74) is 1.50. The maximum Gasteiger partial charge on any atom is 0.337 e. The quantitative estimate of drug-likeness (QED) is 0.552. The molecule has 3 rings (SSSR count). The Balaban J connectivity index is 1.88. The highest BCUT2D eigenvalue weighted by Crippen LogP contribution is 2.29. The Bertz CT molecular complexity index is 746. The molecule has 3 N–H and O–H groups in total. The molecular formula is C17H20N4O3S. The van der Waals surface area contributed by atoms with Gasteiger partial charge in [-0.05, 0) is 44.1 Å². The van der Waals surface area contributed by atoms with E-state index in [2.05, 4.69) is 20.3 Å². The molecule has 7 nitrogen and oxygen atoms in total. The number of aromatic nitrogens is 3. The maximum atomic E-state index is 11.0. The number of carbonyl (C=O) groups is 1. The minimum Gasteiger partial charge on any atom is -0.478 e. The highest BCUT2D eigenvalue weighted by atomic mass is 32.2. The molecule has 0 aliphatic heterocycles. The van der Waals surface area contributed by atoms with Crippen LogP contribution in [0.3, 0.4) is 0 Å². The SMILES string of the molecule is CSc1ncc(-c2ccc(C(=O)O)cn2)c(N[C@H]2CC[C@H](O)CC2)n1. The monoisotopic (exact) mass is 360 g/mol. The first-order valence-corrected chi connectivity index (χ1v) is 9.34. The summed E-state index contributed by atoms with van der Waals surface area (Å²) >= 11 is 1.46. The van der Waals surface area contributed by atoms with Crippen molar-refractivity contribution in [3.8, 4) is 11.3 Å². The Kier molecular flexibility index (Phi) is 5.50. The van der Waals surface area contributed by atoms with Crippen molar-refractivity contribution in [2.24, 2.45) is 0 Å². The van der Waals surface area contributed by atoms with Gasteiger partial charge in [0.2, 0.25) is 0 Å². The van der Waals surface area contributed by atoms with Gasteiger partial charge in [-0.1, -0.05) is 11.8 Å². The van der Waals surface area contributed by atoms with Crippen molar-refractivity contribution in [3.05, 3.63) is 30.1 Å². The van der Waals surface area contributed by atoms with Gasteiger partial charge in [-0.15, -0.1) is 0 Å². The van der Waals surface area contributed by atoms with Crippen molar-refractivity contribution in [2.75, 3.05) is 11.6 Å². The van der Waals surface area contributed by atoms with Crippen LogP contribution >= 0.6 is 11.8 Å². The number of rotatable bonds is 5. The standard InChI is InChI=1S/C17H20N4O3S/c1-25-17-19-9-13(14-7-2-10(8-18-14)16(23)24)15(21-17)20-11-3-5-12(22)6-4-11/h2,7-9,11-12,22H,3-6H2,1H3,(H,23,24)(H,19,20,21)/t11-,12-. The number of nitrogens with zero attached hydrogens (tertiary/aromatic N) is 3. The molecule has 0 saturated heterocycles. The first-order valence-electron chi connectivity index (χ1n) is 8.12. The molecule has 0 spiro atoms. The zero-order valence-electron chi connectivity index (χ0n) is 13.8. The van der Waals surface area contributed by atoms with E-state index in [9.17, 15) is 9.90 Å². The lowest BCUT2D eigenvalue weighted by Gasteiger charge is -2.27. The highest BCUT2D eigenvalue weighted by molar-refractivity contribution is 7.98. The van der Waals surface area contributed by atoms with Crippen molar-refractivity contribution in [3.63, 3.8) is 0 Å². The van der Waals surface area contributed by atoms with Gasteiger partial charge in [0.1, 0.15) is 5.82 Å². The van der Waals surface area contributed by atoms with Gasteiger partial charge >= 0.3 is 5.97 Å². The topological polar surface area (TPSA) is 108 Å². The Hall–Kier alpha value is -2.19. The number of aromatic carboxylic acids is 1. The second kappa shape index (κ2) is 7.79. The van der Waals surface area contributed by atoms with Crippen molar-refractivity contribution < 1.29 is 15.0 Å². The van der Waals surface area contributed by atoms with Crippen molar-refractivity contribution >= 4 is 23.5 Å². The number of hydrogen-bond donors (Lipinski definition) is 3. The lowest BCUT2D eigenvalue weighted by atomic mass is 9.93. The fraction of sp³-hybridized carbons (Fsp3) is 0.412. The van der Waals surface area contributed by atoms with Gasteiger partial charge in [0.15, 0.2) is 5.16 Å². The van der Waals surface area contributed by atoms with Crippen molar-refractivity contribution in [2.45, 2.75) is 43.0 Å². The summed E-state index contributed by atoms with van der Waals surface area (Å²) in [6, 6.07) is 3.43. The number of aliphatic hydroxyl groups is 1. The van der Waals surface area contributed by atoms with Crippen LogP contribution in [0.15, 0.2) is 29.7 Å². The number of thioether (sulfide) groups is 1. The maximum absolute atomic E-state index is 11.0. The minimum absolute atomic E-state index is 0.140. The summed E-state index contributed by atoms with van der Waals surface area (Å²) in [6.45, 7) is 0. The van der Waals surface area contributed by atoms with Gasteiger partial charge in [0.25, 0.3) is 0 Å². The van der Waals surface area contributed by atoms with Gasteiger partial charge < -0.3 is 15.5 Å². The zero-order chi connectivity index (χ0) is 17.8. The van der Waals surface area contributed by atoms with Crippen LogP contribution in [0.2, 0.25) is 0 Å². The third kappa shape index (κ3) is 4.26. The van der Waals surface area contributed by atoms with Crippen LogP contribution in [0.4, 0.5) is 5.82 Å². The average molecular weight is 360 g/mol. The molecule has 1 saturated carbocycles. The third-order valence-corrected chi connectivity index (χ3v) is 4.84. The van der Waals surface area contributed by atoms with Crippen LogP contribution in [0.25, 0.3) is 11.3 Å². The van der Waals surface area contributed by atoms with Gasteiger partial charge in [-0.3, -0.25) is 4.98 Å². The van der Waals surface area contributed by atoms with Crippen LogP contribution in [0.1, 0.15) is 36.0 Å². The van der Waals surface area contributed by atoms with Gasteiger partial charge in [-0.2, -0.15) is 0 Å². The Morgan fingerprint density at radius 3 is 2.56 bits per heavy atom. The van der Waals surface area contributed by atoms with Crippen molar-refractivity contribution in [1.82, 2.24) is 15.0 Å². The average Bonchev–Trinajstić information content (AvgIpc) is 2.63. The van der Waals surface area contributed by atoms with Crippen LogP contribution in [-0.4, -0.2) is 49.5 Å². The number of nitrogens with one attached hydrogen (secondary N) is 1. The van der Waals surface area contributed by atoms with Gasteiger partial charge in [-0.25, -0.2) is 14.8 Å². The van der Waals surface area contributed by atoms with E-state index < -0.39 is 5.97 Å². The van der Waals surface area contributed by atoms with Crippen LogP contribution in [-0.2, 0) is 0 Å². The molecule has 0 amide bonds. The van der Waals surface area contributed by atoms with Crippen LogP contribution < -0.4 is 5.32 Å². The molecule has 8 heteroatoms. The molecule has 0 unspecified atom stereocenters. The second-order valence-electron chi connectivity index (χ2n) is 6.01. The molecule has 1 aliphatic rings. The first-order chi connectivity index (χ1) is 12.1. The van der Waals surface area contributed by atoms with E-state index >= 15 is 0 Å². The molecular weight excluding hydrogens is 340 g/mol. The summed E-state index contributed by atoms with van der Waals surface area (Å²) < 4.78 is 0. The van der Waals surface area contributed by atoms with Gasteiger partial charge in [0.05, 0.1) is 22.9 Å². The molecule has 132 valence electrons. The number of carboxylic acid groups (broad SMARTS) is 1. The van der Waals surface area contributed by atoms with E-state index in [0.717, 1.165) is 31.2 Å². The first kappa shape index (κ1) is 17.6. The molecule has 2 aromatic rings. The van der Waals surface area contributed by atoms with E-state index in [1.54, 1.807) is 12.3 Å². The summed E-state index contributed by atoms with van der Waals surface area (Å²) in [7, 11) is 0. The number of carboxylic acids is 1. The van der Waals surface area contributed by atoms with Crippen molar-refractivity contribution in [1.29, 1.82) is 0 Å². The van der Waals surface area contributed by atoms with Crippen LogP contribution in [0, 0.1) is 0 Å². The van der Waals surface area contributed by atoms with E-state index in [4.69, 9.17) is 5.11 Å². The van der Waals surface area contributed by atoms with Gasteiger partial charge in [0, 0.05) is 18.4 Å². The second-order valence-corrected chi connectivity index (χ2v) is 6.78. The number of aliphatic hydroxyl groups excluding tert-OH is 1. The Morgan fingerprint density at radius 2 is 1.96 bits per heavy atom. The molecule has 2 heterocycles. The predicted octanol–water partition coefficient (Wildman–Crippen LogP) is 2.67. The molecule has 1 fully saturated rings. The van der Waals surface area contributed by atoms with E-state index in [0.29, 0.717) is 16.7 Å². The molecule has 0 atom stereocenters. The fourth-order valence-corrected chi connectivity index (χ4v) is 3.20. The Labute approximate surface area is 149 Å². The zero-order valence-corrected chi connectivity index (χ0v) is 14.7. The van der Waals surface area contributed by atoms with E-state index in [1.807, 2.05) is 6.26 Å². The minimum atomic E-state index is -1.01. The molecule has 1 aliphatic carbocycles. The molecule has 2 aromatic heterocycles. The summed E-state index contributed by atoms with van der Waals surface area (Å²) in [5, 5.41) is 22.8. The smallest absolute Gasteiger partial charge is 0.337 e. The summed E-state index contributed by atoms with van der Waals surface area (Å²) in [5.74, 6) is -0.316. The molecule has 25 heavy (non-hydrogen) atoms. The van der Waals surface area contributed by atoms with E-state index in [-0.39, 0.29) is 17.7 Å². The largest absolute Gasteiger partial charge is 0.478 e. The number of anilines is 1. The Morgan fingerprint density at radius 1 is 1.20 bits per heavy atom.